The van der Waals surface area contributed by atoms with Crippen LogP contribution in [-0.2, 0) is 13.0 Å². The molecular weight excluding hydrogens is 317 g/mol. The van der Waals surface area contributed by atoms with Gasteiger partial charge in [-0.25, -0.2) is 4.39 Å². The van der Waals surface area contributed by atoms with Crippen LogP contribution in [0.5, 0.6) is 0 Å². The average Bonchev–Trinajstić information content (AvgIpc) is 2.46. The summed E-state index contributed by atoms with van der Waals surface area (Å²) in [6.07, 6.45) is 1.06. The smallest absolute Gasteiger partial charge is 0.124 e. The molecule has 0 saturated heterocycles. The molecule has 2 rings (SSSR count). The minimum Gasteiger partial charge on any atom is -0.306 e. The van der Waals surface area contributed by atoms with Gasteiger partial charge in [-0.05, 0) is 42.2 Å². The third-order valence-electron chi connectivity index (χ3n) is 3.50. The highest BCUT2D eigenvalue weighted by atomic mass is 79.9. The SMILES string of the molecule is CCc1ccc(C(C)NCc2ccc(F)cc2Br)cc1. The Kier molecular flexibility index (Phi) is 5.32. The maximum absolute atomic E-state index is 13.0. The molecule has 0 aliphatic carbocycles. The van der Waals surface area contributed by atoms with Crippen molar-refractivity contribution >= 4 is 15.9 Å². The molecule has 0 aromatic heterocycles. The Labute approximate surface area is 128 Å². The topological polar surface area (TPSA) is 12.0 Å². The van der Waals surface area contributed by atoms with Crippen molar-refractivity contribution in [3.63, 3.8) is 0 Å². The fraction of sp³-hybridized carbons (Fsp3) is 0.294. The van der Waals surface area contributed by atoms with Gasteiger partial charge < -0.3 is 5.32 Å². The Hall–Kier alpha value is -1.19. The van der Waals surface area contributed by atoms with Crippen LogP contribution in [0.15, 0.2) is 46.9 Å². The Morgan fingerprint density at radius 2 is 1.85 bits per heavy atom. The monoisotopic (exact) mass is 335 g/mol. The molecule has 1 atom stereocenters. The third kappa shape index (κ3) is 3.90. The van der Waals surface area contributed by atoms with Gasteiger partial charge >= 0.3 is 0 Å². The Balaban J connectivity index is 1.98. The van der Waals surface area contributed by atoms with Gasteiger partial charge in [-0.1, -0.05) is 53.2 Å². The summed E-state index contributed by atoms with van der Waals surface area (Å²) in [5.41, 5.74) is 3.67. The van der Waals surface area contributed by atoms with E-state index in [4.69, 9.17) is 0 Å². The van der Waals surface area contributed by atoms with Crippen molar-refractivity contribution in [3.05, 3.63) is 69.4 Å². The molecular formula is C17H19BrFN. The normalized spacial score (nSPS) is 12.4. The number of hydrogen-bond donors (Lipinski definition) is 1. The van der Waals surface area contributed by atoms with Gasteiger partial charge in [-0.15, -0.1) is 0 Å². The van der Waals surface area contributed by atoms with Crippen molar-refractivity contribution in [2.24, 2.45) is 0 Å². The second kappa shape index (κ2) is 7.00. The van der Waals surface area contributed by atoms with Crippen LogP contribution in [0.1, 0.15) is 36.6 Å². The molecule has 0 aliphatic heterocycles. The average molecular weight is 336 g/mol. The summed E-state index contributed by atoms with van der Waals surface area (Å²) in [6.45, 7) is 5.00. The summed E-state index contributed by atoms with van der Waals surface area (Å²) < 4.78 is 13.8. The van der Waals surface area contributed by atoms with E-state index < -0.39 is 0 Å². The highest BCUT2D eigenvalue weighted by Gasteiger charge is 2.07. The number of nitrogens with one attached hydrogen (secondary N) is 1. The van der Waals surface area contributed by atoms with Crippen molar-refractivity contribution < 1.29 is 4.39 Å². The van der Waals surface area contributed by atoms with Crippen molar-refractivity contribution in [2.75, 3.05) is 0 Å². The van der Waals surface area contributed by atoms with Gasteiger partial charge in [0.05, 0.1) is 0 Å². The van der Waals surface area contributed by atoms with Crippen LogP contribution in [0.25, 0.3) is 0 Å². The largest absolute Gasteiger partial charge is 0.306 e. The third-order valence-corrected chi connectivity index (χ3v) is 4.24. The van der Waals surface area contributed by atoms with Gasteiger partial charge in [0.1, 0.15) is 5.82 Å². The second-order valence-electron chi connectivity index (χ2n) is 4.93. The lowest BCUT2D eigenvalue weighted by atomic mass is 10.0. The first-order valence-corrected chi connectivity index (χ1v) is 7.65. The van der Waals surface area contributed by atoms with Crippen molar-refractivity contribution in [1.82, 2.24) is 5.32 Å². The standard InChI is InChI=1S/C17H19BrFN/c1-3-13-4-6-14(7-5-13)12(2)20-11-15-8-9-16(19)10-17(15)18/h4-10,12,20H,3,11H2,1-2H3. The van der Waals surface area contributed by atoms with Crippen LogP contribution in [-0.4, -0.2) is 0 Å². The summed E-state index contributed by atoms with van der Waals surface area (Å²) in [5, 5.41) is 3.46. The lowest BCUT2D eigenvalue weighted by Gasteiger charge is -2.15. The van der Waals surface area contributed by atoms with Crippen LogP contribution >= 0.6 is 15.9 Å². The predicted octanol–water partition coefficient (Wildman–Crippen LogP) is 5.00. The summed E-state index contributed by atoms with van der Waals surface area (Å²) in [6, 6.07) is 13.7. The summed E-state index contributed by atoms with van der Waals surface area (Å²) >= 11 is 3.39. The second-order valence-corrected chi connectivity index (χ2v) is 5.79. The van der Waals surface area contributed by atoms with E-state index >= 15 is 0 Å². The molecule has 0 saturated carbocycles. The van der Waals surface area contributed by atoms with E-state index in [2.05, 4.69) is 59.4 Å². The molecule has 106 valence electrons. The van der Waals surface area contributed by atoms with E-state index in [1.807, 2.05) is 0 Å². The summed E-state index contributed by atoms with van der Waals surface area (Å²) in [4.78, 5) is 0. The van der Waals surface area contributed by atoms with Gasteiger partial charge in [-0.2, -0.15) is 0 Å². The molecule has 0 bridgehead atoms. The first-order valence-electron chi connectivity index (χ1n) is 6.86. The lowest BCUT2D eigenvalue weighted by Crippen LogP contribution is -2.18. The minimum atomic E-state index is -0.219. The van der Waals surface area contributed by atoms with Gasteiger partial charge in [0.2, 0.25) is 0 Å². The Morgan fingerprint density at radius 3 is 2.45 bits per heavy atom. The number of rotatable bonds is 5. The van der Waals surface area contributed by atoms with E-state index in [9.17, 15) is 4.39 Å². The van der Waals surface area contributed by atoms with Crippen molar-refractivity contribution in [1.29, 1.82) is 0 Å². The fourth-order valence-electron chi connectivity index (χ4n) is 2.09. The van der Waals surface area contributed by atoms with Gasteiger partial charge in [-0.3, -0.25) is 0 Å². The molecule has 20 heavy (non-hydrogen) atoms. The minimum absolute atomic E-state index is 0.219. The number of halogens is 2. The van der Waals surface area contributed by atoms with Gasteiger partial charge in [0.25, 0.3) is 0 Å². The molecule has 0 radical (unpaired) electrons. The van der Waals surface area contributed by atoms with Crippen LogP contribution in [0.4, 0.5) is 4.39 Å². The lowest BCUT2D eigenvalue weighted by molar-refractivity contribution is 0.571. The molecule has 1 nitrogen and oxygen atoms in total. The van der Waals surface area contributed by atoms with E-state index in [1.165, 1.54) is 23.3 Å². The van der Waals surface area contributed by atoms with Crippen LogP contribution < -0.4 is 5.32 Å². The molecule has 0 fully saturated rings. The fourth-order valence-corrected chi connectivity index (χ4v) is 2.58. The van der Waals surface area contributed by atoms with Crippen LogP contribution in [0.3, 0.4) is 0 Å². The highest BCUT2D eigenvalue weighted by molar-refractivity contribution is 9.10. The quantitative estimate of drug-likeness (QED) is 0.810. The molecule has 2 aromatic carbocycles. The first-order chi connectivity index (χ1) is 9.60. The zero-order valence-electron chi connectivity index (χ0n) is 11.8. The number of benzene rings is 2. The number of hydrogen-bond acceptors (Lipinski definition) is 1. The van der Waals surface area contributed by atoms with Crippen LogP contribution in [0.2, 0.25) is 0 Å². The zero-order chi connectivity index (χ0) is 14.5. The molecule has 1 unspecified atom stereocenters. The van der Waals surface area contributed by atoms with Gasteiger partial charge in [0.15, 0.2) is 0 Å². The van der Waals surface area contributed by atoms with Crippen LogP contribution in [0, 0.1) is 5.82 Å². The highest BCUT2D eigenvalue weighted by Crippen LogP contribution is 2.20. The molecule has 1 N–H and O–H groups in total. The van der Waals surface area contributed by atoms with E-state index in [0.29, 0.717) is 6.54 Å². The first kappa shape index (κ1) is 15.2. The molecule has 3 heteroatoms. The van der Waals surface area contributed by atoms with E-state index in [0.717, 1.165) is 16.5 Å². The molecule has 2 aromatic rings. The number of aryl methyl sites for hydroxylation is 1. The van der Waals surface area contributed by atoms with E-state index in [1.54, 1.807) is 6.07 Å². The molecule has 0 heterocycles. The zero-order valence-corrected chi connectivity index (χ0v) is 13.4. The van der Waals surface area contributed by atoms with Gasteiger partial charge in [0, 0.05) is 17.1 Å². The van der Waals surface area contributed by atoms with E-state index in [-0.39, 0.29) is 11.9 Å². The Morgan fingerprint density at radius 1 is 1.15 bits per heavy atom. The van der Waals surface area contributed by atoms with Crippen molar-refractivity contribution in [3.8, 4) is 0 Å². The predicted molar refractivity (Wildman–Crippen MR) is 85.2 cm³/mol. The van der Waals surface area contributed by atoms with Crippen molar-refractivity contribution in [2.45, 2.75) is 32.9 Å². The Bertz CT molecular complexity index is 566. The summed E-state index contributed by atoms with van der Waals surface area (Å²) in [7, 11) is 0. The molecule has 0 spiro atoms. The molecule has 0 amide bonds. The maximum Gasteiger partial charge on any atom is 0.124 e. The summed E-state index contributed by atoms with van der Waals surface area (Å²) in [5.74, 6) is -0.219. The maximum atomic E-state index is 13.0. The molecule has 0 aliphatic rings.